The summed E-state index contributed by atoms with van der Waals surface area (Å²) in [6.07, 6.45) is -0.352. The summed E-state index contributed by atoms with van der Waals surface area (Å²) >= 11 is 0. The van der Waals surface area contributed by atoms with E-state index in [1.807, 2.05) is 27.7 Å². The molecular formula is C7H18N2O3. The van der Waals surface area contributed by atoms with E-state index in [-0.39, 0.29) is 11.7 Å². The van der Waals surface area contributed by atoms with Gasteiger partial charge in [-0.25, -0.2) is 10.7 Å². The molecule has 12 heavy (non-hydrogen) atoms. The van der Waals surface area contributed by atoms with E-state index in [1.165, 1.54) is 0 Å². The molecule has 0 rings (SSSR count). The molecule has 1 amide bonds. The monoisotopic (exact) mass is 178 g/mol. The molecule has 0 aliphatic rings. The Kier molecular flexibility index (Phi) is 7.88. The third kappa shape index (κ3) is 11.9. The Hall–Kier alpha value is -0.810. The highest BCUT2D eigenvalue weighted by Crippen LogP contribution is 2.05. The van der Waals surface area contributed by atoms with Gasteiger partial charge in [-0.15, -0.1) is 0 Å². The molecule has 74 valence electrons. The first-order chi connectivity index (χ1) is 5.45. The van der Waals surface area contributed by atoms with E-state index in [1.54, 1.807) is 0 Å². The van der Waals surface area contributed by atoms with E-state index in [0.717, 1.165) is 0 Å². The molecule has 0 aliphatic heterocycles. The second-order valence-corrected chi connectivity index (χ2v) is 3.03. The van der Waals surface area contributed by atoms with E-state index in [4.69, 9.17) is 9.94 Å². The molecule has 0 bridgehead atoms. The van der Waals surface area contributed by atoms with Crippen LogP contribution < -0.4 is 11.2 Å². The molecule has 0 unspecified atom stereocenters. The van der Waals surface area contributed by atoms with Gasteiger partial charge in [-0.1, -0.05) is 0 Å². The Morgan fingerprint density at radius 1 is 1.50 bits per heavy atom. The lowest BCUT2D eigenvalue weighted by molar-refractivity contribution is 0.0531. The van der Waals surface area contributed by atoms with E-state index in [0.29, 0.717) is 6.54 Å². The van der Waals surface area contributed by atoms with E-state index < -0.39 is 0 Å². The van der Waals surface area contributed by atoms with Gasteiger partial charge >= 0.3 is 6.09 Å². The highest BCUT2D eigenvalue weighted by atomic mass is 16.6. The average molecular weight is 178 g/mol. The Labute approximate surface area is 72.8 Å². The highest BCUT2D eigenvalue weighted by Gasteiger charge is 2.14. The summed E-state index contributed by atoms with van der Waals surface area (Å²) in [6.45, 7) is 7.96. The number of carbonyl (C=O) groups excluding carboxylic acids is 1. The minimum atomic E-state index is -0.390. The van der Waals surface area contributed by atoms with E-state index in [2.05, 4.69) is 11.2 Å². The summed E-state index contributed by atoms with van der Waals surface area (Å²) in [5, 5.41) is 9.04. The topological polar surface area (TPSA) is 84.6 Å². The van der Waals surface area contributed by atoms with Crippen LogP contribution in [0.3, 0.4) is 0 Å². The number of rotatable bonds is 1. The van der Waals surface area contributed by atoms with Gasteiger partial charge in [0, 0.05) is 6.54 Å². The van der Waals surface area contributed by atoms with Crippen molar-refractivity contribution in [3.05, 3.63) is 0 Å². The number of carbonyl (C=O) groups is 1. The molecule has 4 N–H and O–H groups in total. The third-order valence-electron chi connectivity index (χ3n) is 0.720. The predicted octanol–water partition coefficient (Wildman–Crippen LogP) is 0.865. The first-order valence-corrected chi connectivity index (χ1v) is 3.68. The van der Waals surface area contributed by atoms with Crippen LogP contribution in [0.1, 0.15) is 27.7 Å². The standard InChI is InChI=1S/C7H15NO2.H3NO/c1-5-8-6(9)10-7(2,3)4;1-2/h5H2,1-4H3,(H,8,9);2H,1H2. The minimum absolute atomic E-state index is 0.352. The fraction of sp³-hybridized carbons (Fsp3) is 0.857. The maximum atomic E-state index is 10.7. The van der Waals surface area contributed by atoms with Crippen LogP contribution in [-0.2, 0) is 4.74 Å². The van der Waals surface area contributed by atoms with Crippen molar-refractivity contribution in [2.24, 2.45) is 5.90 Å². The van der Waals surface area contributed by atoms with Gasteiger partial charge in [0.2, 0.25) is 0 Å². The number of alkyl carbamates (subject to hydrolysis) is 1. The van der Waals surface area contributed by atoms with Crippen LogP contribution in [0.25, 0.3) is 0 Å². The van der Waals surface area contributed by atoms with Gasteiger partial charge in [0.1, 0.15) is 5.60 Å². The minimum Gasteiger partial charge on any atom is -0.444 e. The van der Waals surface area contributed by atoms with Crippen molar-refractivity contribution in [2.75, 3.05) is 6.54 Å². The number of amides is 1. The van der Waals surface area contributed by atoms with Crippen molar-refractivity contribution < 1.29 is 14.7 Å². The van der Waals surface area contributed by atoms with Gasteiger partial charge in [0.05, 0.1) is 0 Å². The van der Waals surface area contributed by atoms with Gasteiger partial charge in [0.25, 0.3) is 0 Å². The zero-order valence-corrected chi connectivity index (χ0v) is 8.05. The van der Waals surface area contributed by atoms with Crippen LogP contribution in [0, 0.1) is 0 Å². The lowest BCUT2D eigenvalue weighted by Gasteiger charge is -2.19. The van der Waals surface area contributed by atoms with E-state index in [9.17, 15) is 4.79 Å². The summed E-state index contributed by atoms with van der Waals surface area (Å²) in [6, 6.07) is 0. The van der Waals surface area contributed by atoms with Crippen molar-refractivity contribution in [1.82, 2.24) is 5.32 Å². The number of hydrogen-bond acceptors (Lipinski definition) is 4. The van der Waals surface area contributed by atoms with Gasteiger partial charge < -0.3 is 15.3 Å². The summed E-state index contributed by atoms with van der Waals surface area (Å²) in [5.74, 6) is 3.50. The average Bonchev–Trinajstić information content (AvgIpc) is 1.88. The molecule has 0 heterocycles. The van der Waals surface area contributed by atoms with Crippen LogP contribution in [0.5, 0.6) is 0 Å². The largest absolute Gasteiger partial charge is 0.444 e. The molecule has 5 heteroatoms. The number of nitrogens with one attached hydrogen (secondary N) is 1. The third-order valence-corrected chi connectivity index (χ3v) is 0.720. The second kappa shape index (κ2) is 6.87. The maximum absolute atomic E-state index is 10.7. The number of nitrogens with two attached hydrogens (primary N) is 1. The van der Waals surface area contributed by atoms with Crippen molar-refractivity contribution in [3.63, 3.8) is 0 Å². The molecule has 0 atom stereocenters. The van der Waals surface area contributed by atoms with Gasteiger partial charge in [0.15, 0.2) is 0 Å². The Balaban J connectivity index is 0. The number of hydrogen-bond donors (Lipinski definition) is 3. The Morgan fingerprint density at radius 3 is 2.17 bits per heavy atom. The molecule has 0 saturated carbocycles. The molecule has 0 saturated heterocycles. The van der Waals surface area contributed by atoms with Crippen molar-refractivity contribution >= 4 is 6.09 Å². The smallest absolute Gasteiger partial charge is 0.407 e. The molecule has 0 aromatic carbocycles. The zero-order valence-electron chi connectivity index (χ0n) is 8.05. The Bertz CT molecular complexity index is 120. The quantitative estimate of drug-likeness (QED) is 0.520. The highest BCUT2D eigenvalue weighted by molar-refractivity contribution is 5.67. The van der Waals surface area contributed by atoms with E-state index >= 15 is 0 Å². The number of ether oxygens (including phenoxy) is 1. The summed E-state index contributed by atoms with van der Waals surface area (Å²) in [4.78, 5) is 10.7. The van der Waals surface area contributed by atoms with Gasteiger partial charge in [-0.05, 0) is 27.7 Å². The molecule has 0 aliphatic carbocycles. The van der Waals surface area contributed by atoms with Crippen molar-refractivity contribution in [2.45, 2.75) is 33.3 Å². The molecule has 0 spiro atoms. The van der Waals surface area contributed by atoms with Crippen molar-refractivity contribution in [1.29, 1.82) is 0 Å². The molecule has 0 radical (unpaired) electrons. The van der Waals surface area contributed by atoms with Crippen molar-refractivity contribution in [3.8, 4) is 0 Å². The van der Waals surface area contributed by atoms with Crippen LogP contribution in [0.4, 0.5) is 4.79 Å². The fourth-order valence-electron chi connectivity index (χ4n) is 0.459. The molecule has 0 aromatic rings. The maximum Gasteiger partial charge on any atom is 0.407 e. The molecule has 5 nitrogen and oxygen atoms in total. The lowest BCUT2D eigenvalue weighted by atomic mass is 10.2. The lowest BCUT2D eigenvalue weighted by Crippen LogP contribution is -2.32. The summed E-state index contributed by atoms with van der Waals surface area (Å²) in [5.41, 5.74) is -0.390. The normalized spacial score (nSPS) is 9.50. The SMILES string of the molecule is CCNC(=O)OC(C)(C)C.NO. The Morgan fingerprint density at radius 2 is 1.92 bits per heavy atom. The van der Waals surface area contributed by atoms with Crippen LogP contribution >= 0.6 is 0 Å². The zero-order chi connectivity index (χ0) is 10.2. The molecule has 0 aromatic heterocycles. The van der Waals surface area contributed by atoms with Crippen LogP contribution in [0.2, 0.25) is 0 Å². The predicted molar refractivity (Wildman–Crippen MR) is 45.9 cm³/mol. The first kappa shape index (κ1) is 13.8. The van der Waals surface area contributed by atoms with Crippen LogP contribution in [-0.4, -0.2) is 23.4 Å². The fourth-order valence-corrected chi connectivity index (χ4v) is 0.459. The van der Waals surface area contributed by atoms with Gasteiger partial charge in [-0.3, -0.25) is 0 Å². The van der Waals surface area contributed by atoms with Crippen LogP contribution in [0.15, 0.2) is 0 Å². The molecular weight excluding hydrogens is 160 g/mol. The summed E-state index contributed by atoms with van der Waals surface area (Å²) < 4.78 is 4.93. The first-order valence-electron chi connectivity index (χ1n) is 3.68. The second-order valence-electron chi connectivity index (χ2n) is 3.03. The van der Waals surface area contributed by atoms with Gasteiger partial charge in [-0.2, -0.15) is 0 Å². The summed E-state index contributed by atoms with van der Waals surface area (Å²) in [7, 11) is 0. The molecule has 0 fully saturated rings.